The summed E-state index contributed by atoms with van der Waals surface area (Å²) in [5.41, 5.74) is 1.01. The third-order valence-corrected chi connectivity index (χ3v) is 3.30. The lowest BCUT2D eigenvalue weighted by Gasteiger charge is -2.00. The van der Waals surface area contributed by atoms with Gasteiger partial charge in [-0.05, 0) is 55.9 Å². The quantitative estimate of drug-likeness (QED) is 0.815. The van der Waals surface area contributed by atoms with Crippen molar-refractivity contribution in [2.45, 2.75) is 38.6 Å². The second-order valence-corrected chi connectivity index (χ2v) is 5.22. The van der Waals surface area contributed by atoms with E-state index in [2.05, 4.69) is 23.6 Å². The zero-order chi connectivity index (χ0) is 12.7. The number of aromatic hydroxyl groups is 1. The zero-order valence-corrected chi connectivity index (χ0v) is 10.7. The monoisotopic (exact) mass is 244 g/mol. The fourth-order valence-electron chi connectivity index (χ4n) is 2.14. The van der Waals surface area contributed by atoms with Gasteiger partial charge in [-0.1, -0.05) is 0 Å². The molecule has 0 amide bonds. The number of hydrogen-bond acceptors (Lipinski definition) is 2. The lowest BCUT2D eigenvalue weighted by Crippen LogP contribution is -2.41. The van der Waals surface area contributed by atoms with Gasteiger partial charge < -0.3 is 5.11 Å². The molecule has 0 saturated heterocycles. The van der Waals surface area contributed by atoms with Gasteiger partial charge in [0.05, 0.1) is 5.92 Å². The van der Waals surface area contributed by atoms with Crippen LogP contribution >= 0.6 is 0 Å². The van der Waals surface area contributed by atoms with E-state index in [0.29, 0.717) is 12.0 Å². The highest BCUT2D eigenvalue weighted by atomic mass is 16.3. The predicted molar refractivity (Wildman–Crippen MR) is 68.2 cm³/mol. The summed E-state index contributed by atoms with van der Waals surface area (Å²) < 4.78 is 2.15. The molecule has 1 aromatic carbocycles. The van der Waals surface area contributed by atoms with Gasteiger partial charge in [0.15, 0.2) is 0 Å². The highest BCUT2D eigenvalue weighted by molar-refractivity contribution is 5.55. The maximum atomic E-state index is 9.31. The first-order valence-corrected chi connectivity index (χ1v) is 6.46. The summed E-state index contributed by atoms with van der Waals surface area (Å²) in [7, 11) is 0. The van der Waals surface area contributed by atoms with Crippen molar-refractivity contribution in [3.05, 3.63) is 30.1 Å². The van der Waals surface area contributed by atoms with Crippen LogP contribution in [0, 0.1) is 0 Å². The van der Waals surface area contributed by atoms with Crippen LogP contribution in [-0.2, 0) is 0 Å². The second-order valence-electron chi connectivity index (χ2n) is 5.22. The topological polar surface area (TPSA) is 52.8 Å². The molecule has 0 unspecified atom stereocenters. The number of aromatic nitrogens is 3. The lowest BCUT2D eigenvalue weighted by atomic mass is 10.2. The Labute approximate surface area is 106 Å². The minimum Gasteiger partial charge on any atom is -0.508 e. The van der Waals surface area contributed by atoms with Crippen molar-refractivity contribution in [2.75, 3.05) is 0 Å². The van der Waals surface area contributed by atoms with Crippen molar-refractivity contribution >= 4 is 0 Å². The molecule has 1 aliphatic carbocycles. The van der Waals surface area contributed by atoms with E-state index in [9.17, 15) is 5.11 Å². The summed E-state index contributed by atoms with van der Waals surface area (Å²) in [6.45, 7) is 4.31. The molecule has 4 heteroatoms. The number of nitrogens with zero attached hydrogens (tertiary/aromatic N) is 2. The molecule has 0 atom stereocenters. The largest absolute Gasteiger partial charge is 0.508 e. The van der Waals surface area contributed by atoms with Crippen LogP contribution < -0.4 is 4.68 Å². The number of benzene rings is 1. The normalized spacial score (nSPS) is 15.3. The molecule has 2 N–H and O–H groups in total. The number of aromatic amines is 1. The number of nitrogens with one attached hydrogen (secondary N) is 1. The highest BCUT2D eigenvalue weighted by Crippen LogP contribution is 2.38. The molecule has 0 aliphatic heterocycles. The first-order chi connectivity index (χ1) is 8.65. The smallest absolute Gasteiger partial charge is 0.322 e. The Hall–Kier alpha value is -1.84. The number of phenols is 1. The fourth-order valence-corrected chi connectivity index (χ4v) is 2.14. The third kappa shape index (κ3) is 1.98. The molecule has 4 nitrogen and oxygen atoms in total. The summed E-state index contributed by atoms with van der Waals surface area (Å²) in [5, 5.41) is 12.7. The van der Waals surface area contributed by atoms with Crippen LogP contribution in [0.15, 0.2) is 24.3 Å². The zero-order valence-electron chi connectivity index (χ0n) is 10.7. The van der Waals surface area contributed by atoms with Gasteiger partial charge in [0.25, 0.3) is 5.82 Å². The van der Waals surface area contributed by atoms with Gasteiger partial charge in [-0.3, -0.25) is 0 Å². The van der Waals surface area contributed by atoms with E-state index >= 15 is 0 Å². The maximum absolute atomic E-state index is 9.31. The minimum absolute atomic E-state index is 0.282. The number of phenolic OH excluding ortho intramolecular Hbond substituents is 1. The Balaban J connectivity index is 2.02. The van der Waals surface area contributed by atoms with Crippen LogP contribution in [0.3, 0.4) is 0 Å². The minimum atomic E-state index is 0.282. The number of hydrogen-bond donors (Lipinski definition) is 2. The van der Waals surface area contributed by atoms with Gasteiger partial charge in [0.1, 0.15) is 11.8 Å². The first-order valence-electron chi connectivity index (χ1n) is 6.46. The van der Waals surface area contributed by atoms with Gasteiger partial charge in [0.2, 0.25) is 0 Å². The molecule has 0 bridgehead atoms. The van der Waals surface area contributed by atoms with Crippen molar-refractivity contribution in [2.24, 2.45) is 0 Å². The van der Waals surface area contributed by atoms with E-state index in [4.69, 9.17) is 4.98 Å². The van der Waals surface area contributed by atoms with Crippen LogP contribution in [0.1, 0.15) is 44.5 Å². The van der Waals surface area contributed by atoms with Gasteiger partial charge in [-0.2, -0.15) is 9.78 Å². The summed E-state index contributed by atoms with van der Waals surface area (Å²) in [6.07, 6.45) is 2.49. The summed E-state index contributed by atoms with van der Waals surface area (Å²) in [6, 6.07) is 7.53. The predicted octanol–water partition coefficient (Wildman–Crippen LogP) is 2.53. The van der Waals surface area contributed by atoms with Crippen molar-refractivity contribution in [1.82, 2.24) is 10.1 Å². The van der Waals surface area contributed by atoms with Gasteiger partial charge in [-0.25, -0.2) is 0 Å². The van der Waals surface area contributed by atoms with Crippen molar-refractivity contribution in [1.29, 1.82) is 0 Å². The Morgan fingerprint density at radius 3 is 2.50 bits per heavy atom. The molecule has 1 aromatic heterocycles. The van der Waals surface area contributed by atoms with E-state index in [0.717, 1.165) is 17.2 Å². The molecular weight excluding hydrogens is 226 g/mol. The Morgan fingerprint density at radius 2 is 1.94 bits per heavy atom. The molecule has 1 heterocycles. The van der Waals surface area contributed by atoms with E-state index in [-0.39, 0.29) is 5.75 Å². The summed E-state index contributed by atoms with van der Waals surface area (Å²) in [5.74, 6) is 2.94. The lowest BCUT2D eigenvalue weighted by molar-refractivity contribution is -0.774. The number of H-pyrrole nitrogens is 1. The van der Waals surface area contributed by atoms with Crippen molar-refractivity contribution in [3.8, 4) is 17.1 Å². The molecule has 1 aliphatic rings. The van der Waals surface area contributed by atoms with Crippen LogP contribution in [0.5, 0.6) is 5.75 Å². The third-order valence-electron chi connectivity index (χ3n) is 3.30. The first kappa shape index (κ1) is 11.3. The molecule has 94 valence electrons. The van der Waals surface area contributed by atoms with E-state index < -0.39 is 0 Å². The maximum Gasteiger partial charge on any atom is 0.322 e. The van der Waals surface area contributed by atoms with Crippen LogP contribution in [-0.4, -0.2) is 15.2 Å². The molecule has 0 radical (unpaired) electrons. The molecule has 2 aromatic rings. The summed E-state index contributed by atoms with van der Waals surface area (Å²) >= 11 is 0. The molecule has 1 saturated carbocycles. The van der Waals surface area contributed by atoms with Crippen LogP contribution in [0.4, 0.5) is 0 Å². The van der Waals surface area contributed by atoms with E-state index in [1.165, 1.54) is 12.8 Å². The molecule has 1 fully saturated rings. The SMILES string of the molecule is CC(C)[n+]1[nH]c(-c2ccc(O)cc2)nc1C1CC1. The highest BCUT2D eigenvalue weighted by Gasteiger charge is 2.37. The Kier molecular flexibility index (Phi) is 2.58. The number of rotatable bonds is 3. The van der Waals surface area contributed by atoms with Crippen molar-refractivity contribution < 1.29 is 9.79 Å². The van der Waals surface area contributed by atoms with Gasteiger partial charge in [-0.15, -0.1) is 0 Å². The van der Waals surface area contributed by atoms with Gasteiger partial charge in [0, 0.05) is 5.56 Å². The fraction of sp³-hybridized carbons (Fsp3) is 0.429. The average Bonchev–Trinajstić information content (AvgIpc) is 3.09. The molecule has 18 heavy (non-hydrogen) atoms. The standard InChI is InChI=1S/C14H17N3O/c1-9(2)17-14(11-3-4-11)15-13(16-17)10-5-7-12(18)8-6-10/h5-9,11H,3-4H2,1-2H3,(H,16,18)/p+1. The van der Waals surface area contributed by atoms with E-state index in [1.54, 1.807) is 12.1 Å². The average molecular weight is 244 g/mol. The molecule has 0 spiro atoms. The Morgan fingerprint density at radius 1 is 1.28 bits per heavy atom. The van der Waals surface area contributed by atoms with Gasteiger partial charge >= 0.3 is 5.82 Å². The molecular formula is C14H18N3O+. The van der Waals surface area contributed by atoms with Crippen LogP contribution in [0.2, 0.25) is 0 Å². The van der Waals surface area contributed by atoms with Crippen LogP contribution in [0.25, 0.3) is 11.4 Å². The van der Waals surface area contributed by atoms with E-state index in [1.807, 2.05) is 12.1 Å². The summed E-state index contributed by atoms with van der Waals surface area (Å²) in [4.78, 5) is 4.72. The Bertz CT molecular complexity index is 533. The van der Waals surface area contributed by atoms with Crippen molar-refractivity contribution in [3.63, 3.8) is 0 Å². The molecule has 3 rings (SSSR count). The second kappa shape index (κ2) is 4.12.